The summed E-state index contributed by atoms with van der Waals surface area (Å²) in [6.07, 6.45) is 0. The van der Waals surface area contributed by atoms with Crippen molar-refractivity contribution in [3.8, 4) is 0 Å². The lowest BCUT2D eigenvalue weighted by Gasteiger charge is -2.10. The molecule has 18 heavy (non-hydrogen) atoms. The molecule has 1 atom stereocenters. The van der Waals surface area contributed by atoms with Crippen LogP contribution in [-0.4, -0.2) is 5.91 Å². The Morgan fingerprint density at radius 2 is 1.78 bits per heavy atom. The molecule has 1 amide bonds. The predicted octanol–water partition coefficient (Wildman–Crippen LogP) is 4.26. The first-order valence-corrected chi connectivity index (χ1v) is 6.24. The second-order valence-corrected chi connectivity index (χ2v) is 4.65. The van der Waals surface area contributed by atoms with Crippen LogP contribution < -0.4 is 5.32 Å². The van der Waals surface area contributed by atoms with Crippen molar-refractivity contribution < 1.29 is 4.79 Å². The number of halogens is 2. The first-order chi connectivity index (χ1) is 8.66. The molecule has 2 rings (SSSR count). The fourth-order valence-electron chi connectivity index (χ4n) is 1.55. The molecular weight excluding hydrogens is 269 g/mol. The van der Waals surface area contributed by atoms with E-state index in [4.69, 9.17) is 23.2 Å². The van der Waals surface area contributed by atoms with E-state index in [-0.39, 0.29) is 5.91 Å². The zero-order valence-corrected chi connectivity index (χ0v) is 10.9. The van der Waals surface area contributed by atoms with Crippen LogP contribution in [0.2, 0.25) is 5.02 Å². The Morgan fingerprint density at radius 1 is 1.06 bits per heavy atom. The second kappa shape index (κ2) is 5.89. The van der Waals surface area contributed by atoms with Gasteiger partial charge in [-0.2, -0.15) is 0 Å². The zero-order chi connectivity index (χ0) is 13.0. The van der Waals surface area contributed by atoms with Gasteiger partial charge in [0.1, 0.15) is 5.38 Å². The molecule has 0 saturated heterocycles. The Bertz CT molecular complexity index is 543. The van der Waals surface area contributed by atoms with Gasteiger partial charge in [0, 0.05) is 10.7 Å². The number of hydrogen-bond acceptors (Lipinski definition) is 1. The fraction of sp³-hybridized carbons (Fsp3) is 0.0714. The van der Waals surface area contributed by atoms with Crippen LogP contribution in [0.1, 0.15) is 10.9 Å². The van der Waals surface area contributed by atoms with Crippen molar-refractivity contribution in [1.29, 1.82) is 0 Å². The third-order valence-electron chi connectivity index (χ3n) is 2.41. The standard InChI is InChI=1S/C14H11Cl2NO/c15-11-7-4-8-12(9-11)17-14(18)13(16)10-5-2-1-3-6-10/h1-9,13H,(H,17,18). The molecular formula is C14H11Cl2NO. The van der Waals surface area contributed by atoms with Gasteiger partial charge in [-0.1, -0.05) is 48.0 Å². The number of benzene rings is 2. The highest BCUT2D eigenvalue weighted by Gasteiger charge is 2.17. The van der Waals surface area contributed by atoms with Crippen molar-refractivity contribution in [3.63, 3.8) is 0 Å². The molecule has 0 aliphatic heterocycles. The first-order valence-electron chi connectivity index (χ1n) is 5.42. The molecule has 0 fully saturated rings. The van der Waals surface area contributed by atoms with E-state index < -0.39 is 5.38 Å². The summed E-state index contributed by atoms with van der Waals surface area (Å²) in [5.74, 6) is -0.273. The Morgan fingerprint density at radius 3 is 2.44 bits per heavy atom. The maximum absolute atomic E-state index is 11.9. The van der Waals surface area contributed by atoms with Gasteiger partial charge in [-0.05, 0) is 23.8 Å². The summed E-state index contributed by atoms with van der Waals surface area (Å²) in [5.41, 5.74) is 1.40. The van der Waals surface area contributed by atoms with E-state index in [1.807, 2.05) is 30.3 Å². The second-order valence-electron chi connectivity index (χ2n) is 3.77. The van der Waals surface area contributed by atoms with Crippen molar-refractivity contribution in [2.75, 3.05) is 5.32 Å². The summed E-state index contributed by atoms with van der Waals surface area (Å²) < 4.78 is 0. The van der Waals surface area contributed by atoms with E-state index in [0.29, 0.717) is 10.7 Å². The van der Waals surface area contributed by atoms with Crippen LogP contribution in [0.15, 0.2) is 54.6 Å². The van der Waals surface area contributed by atoms with Crippen molar-refractivity contribution in [3.05, 3.63) is 65.2 Å². The molecule has 0 spiro atoms. The monoisotopic (exact) mass is 279 g/mol. The number of carbonyl (C=O) groups is 1. The molecule has 1 N–H and O–H groups in total. The van der Waals surface area contributed by atoms with Crippen LogP contribution in [0.5, 0.6) is 0 Å². The molecule has 0 heterocycles. The molecule has 4 heteroatoms. The highest BCUT2D eigenvalue weighted by atomic mass is 35.5. The predicted molar refractivity (Wildman–Crippen MR) is 75.1 cm³/mol. The van der Waals surface area contributed by atoms with Crippen LogP contribution in [0.25, 0.3) is 0 Å². The van der Waals surface area contributed by atoms with Crippen LogP contribution in [0.3, 0.4) is 0 Å². The van der Waals surface area contributed by atoms with Gasteiger partial charge in [0.25, 0.3) is 0 Å². The lowest BCUT2D eigenvalue weighted by Crippen LogP contribution is -2.17. The topological polar surface area (TPSA) is 29.1 Å². The summed E-state index contributed by atoms with van der Waals surface area (Å²) in [4.78, 5) is 11.9. The van der Waals surface area contributed by atoms with Crippen molar-refractivity contribution in [1.82, 2.24) is 0 Å². The lowest BCUT2D eigenvalue weighted by atomic mass is 10.1. The van der Waals surface area contributed by atoms with Gasteiger partial charge < -0.3 is 5.32 Å². The Kier molecular flexibility index (Phi) is 4.24. The smallest absolute Gasteiger partial charge is 0.246 e. The van der Waals surface area contributed by atoms with Gasteiger partial charge >= 0.3 is 0 Å². The summed E-state index contributed by atoms with van der Waals surface area (Å²) in [6.45, 7) is 0. The van der Waals surface area contributed by atoms with E-state index in [2.05, 4.69) is 5.32 Å². The summed E-state index contributed by atoms with van der Waals surface area (Å²) in [5, 5.41) is 2.58. The van der Waals surface area contributed by atoms with Crippen LogP contribution >= 0.6 is 23.2 Å². The molecule has 2 aromatic carbocycles. The van der Waals surface area contributed by atoms with Gasteiger partial charge in [-0.25, -0.2) is 0 Å². The zero-order valence-electron chi connectivity index (χ0n) is 9.44. The average molecular weight is 280 g/mol. The quantitative estimate of drug-likeness (QED) is 0.836. The Labute approximate surface area is 116 Å². The van der Waals surface area contributed by atoms with Crippen LogP contribution in [0, 0.1) is 0 Å². The number of alkyl halides is 1. The molecule has 1 unspecified atom stereocenters. The van der Waals surface area contributed by atoms with Crippen molar-refractivity contribution >= 4 is 34.8 Å². The number of anilines is 1. The van der Waals surface area contributed by atoms with E-state index in [9.17, 15) is 4.79 Å². The number of carbonyl (C=O) groups excluding carboxylic acids is 1. The highest BCUT2D eigenvalue weighted by Crippen LogP contribution is 2.23. The molecule has 0 saturated carbocycles. The minimum absolute atomic E-state index is 0.273. The number of hydrogen-bond donors (Lipinski definition) is 1. The minimum Gasteiger partial charge on any atom is -0.324 e. The summed E-state index contributed by atoms with van der Waals surface area (Å²) in [7, 11) is 0. The lowest BCUT2D eigenvalue weighted by molar-refractivity contribution is -0.116. The van der Waals surface area contributed by atoms with E-state index in [1.165, 1.54) is 0 Å². The molecule has 92 valence electrons. The van der Waals surface area contributed by atoms with Crippen molar-refractivity contribution in [2.45, 2.75) is 5.38 Å². The largest absolute Gasteiger partial charge is 0.324 e. The minimum atomic E-state index is -0.717. The van der Waals surface area contributed by atoms with Gasteiger partial charge in [0.15, 0.2) is 0 Å². The van der Waals surface area contributed by atoms with Gasteiger partial charge in [-0.3, -0.25) is 4.79 Å². The van der Waals surface area contributed by atoms with Gasteiger partial charge in [0.05, 0.1) is 0 Å². The molecule has 0 aromatic heterocycles. The van der Waals surface area contributed by atoms with Gasteiger partial charge in [0.2, 0.25) is 5.91 Å². The number of rotatable bonds is 3. The third kappa shape index (κ3) is 3.25. The average Bonchev–Trinajstić information content (AvgIpc) is 2.39. The molecule has 0 aliphatic carbocycles. The first kappa shape index (κ1) is 12.9. The summed E-state index contributed by atoms with van der Waals surface area (Å²) in [6, 6.07) is 16.1. The molecule has 2 aromatic rings. The van der Waals surface area contributed by atoms with E-state index in [1.54, 1.807) is 24.3 Å². The van der Waals surface area contributed by atoms with E-state index in [0.717, 1.165) is 5.56 Å². The number of nitrogens with one attached hydrogen (secondary N) is 1. The van der Waals surface area contributed by atoms with Crippen LogP contribution in [-0.2, 0) is 4.79 Å². The normalized spacial score (nSPS) is 11.9. The maximum atomic E-state index is 11.9. The summed E-state index contributed by atoms with van der Waals surface area (Å²) >= 11 is 11.9. The van der Waals surface area contributed by atoms with E-state index >= 15 is 0 Å². The molecule has 2 nitrogen and oxygen atoms in total. The molecule has 0 radical (unpaired) electrons. The fourth-order valence-corrected chi connectivity index (χ4v) is 1.94. The molecule has 0 bridgehead atoms. The van der Waals surface area contributed by atoms with Crippen LogP contribution in [0.4, 0.5) is 5.69 Å². The highest BCUT2D eigenvalue weighted by molar-refractivity contribution is 6.33. The SMILES string of the molecule is O=C(Nc1cccc(Cl)c1)C(Cl)c1ccccc1. The maximum Gasteiger partial charge on any atom is 0.246 e. The van der Waals surface area contributed by atoms with Crippen molar-refractivity contribution in [2.24, 2.45) is 0 Å². The Hall–Kier alpha value is -1.51. The number of amides is 1. The third-order valence-corrected chi connectivity index (χ3v) is 3.10. The van der Waals surface area contributed by atoms with Gasteiger partial charge in [-0.15, -0.1) is 11.6 Å². The molecule has 0 aliphatic rings. The Balaban J connectivity index is 2.09.